The number of para-hydroxylation sites is 2. The maximum atomic E-state index is 10.4. The molecule has 0 aromatic heterocycles. The molecule has 36 heavy (non-hydrogen) atoms. The van der Waals surface area contributed by atoms with Crippen molar-refractivity contribution in [2.45, 2.75) is 64.8 Å². The van der Waals surface area contributed by atoms with E-state index in [-0.39, 0.29) is 5.92 Å². The number of rotatable bonds is 10. The molecule has 3 atom stereocenters. The second-order valence-electron chi connectivity index (χ2n) is 9.92. The minimum Gasteiger partial charge on any atom is -0.493 e. The van der Waals surface area contributed by atoms with Gasteiger partial charge in [-0.3, -0.25) is 4.90 Å². The Labute approximate surface area is 214 Å². The Morgan fingerprint density at radius 2 is 1.78 bits per heavy atom. The highest BCUT2D eigenvalue weighted by Gasteiger charge is 2.49. The first-order chi connectivity index (χ1) is 17.4. The molecule has 2 aliphatic rings. The third kappa shape index (κ3) is 4.55. The average Bonchev–Trinajstić information content (AvgIpc) is 3.34. The van der Waals surface area contributed by atoms with E-state index in [4.69, 9.17) is 23.7 Å². The van der Waals surface area contributed by atoms with Gasteiger partial charge in [-0.05, 0) is 62.4 Å². The SMILES string of the molecule is CCC(C)C(C#N)(CCCC1Cc2cc(OC)c(OC)c(OC)c2CN1C)C1Oc2ccccc2O1. The minimum absolute atomic E-state index is 0.132. The first-order valence-electron chi connectivity index (χ1n) is 12.8. The van der Waals surface area contributed by atoms with Gasteiger partial charge in [0, 0.05) is 18.2 Å². The Balaban J connectivity index is 1.50. The van der Waals surface area contributed by atoms with Crippen LogP contribution in [-0.2, 0) is 13.0 Å². The summed E-state index contributed by atoms with van der Waals surface area (Å²) in [5.41, 5.74) is 1.64. The molecule has 0 spiro atoms. The lowest BCUT2D eigenvalue weighted by Crippen LogP contribution is -2.45. The second kappa shape index (κ2) is 10.9. The molecule has 2 aliphatic heterocycles. The Kier molecular flexibility index (Phi) is 7.85. The number of nitrogens with zero attached hydrogens (tertiary/aromatic N) is 2. The van der Waals surface area contributed by atoms with E-state index >= 15 is 0 Å². The van der Waals surface area contributed by atoms with Gasteiger partial charge < -0.3 is 23.7 Å². The van der Waals surface area contributed by atoms with Gasteiger partial charge in [0.15, 0.2) is 23.0 Å². The van der Waals surface area contributed by atoms with E-state index in [2.05, 4.69) is 37.9 Å². The van der Waals surface area contributed by atoms with Gasteiger partial charge in [-0.1, -0.05) is 32.4 Å². The van der Waals surface area contributed by atoms with Gasteiger partial charge in [-0.2, -0.15) is 5.26 Å². The largest absolute Gasteiger partial charge is 0.493 e. The van der Waals surface area contributed by atoms with E-state index < -0.39 is 11.7 Å². The van der Waals surface area contributed by atoms with Gasteiger partial charge >= 0.3 is 0 Å². The van der Waals surface area contributed by atoms with Gasteiger partial charge in [0.2, 0.25) is 5.75 Å². The summed E-state index contributed by atoms with van der Waals surface area (Å²) in [6.07, 6.45) is 3.74. The molecule has 0 saturated carbocycles. The van der Waals surface area contributed by atoms with Crippen LogP contribution in [0.25, 0.3) is 0 Å². The zero-order chi connectivity index (χ0) is 25.9. The maximum Gasteiger partial charge on any atom is 0.260 e. The van der Waals surface area contributed by atoms with Crippen LogP contribution in [0.2, 0.25) is 0 Å². The average molecular weight is 495 g/mol. The predicted octanol–water partition coefficient (Wildman–Crippen LogP) is 5.59. The normalized spacial score (nSPS) is 19.6. The van der Waals surface area contributed by atoms with Crippen LogP contribution in [0.5, 0.6) is 28.7 Å². The maximum absolute atomic E-state index is 10.4. The quantitative estimate of drug-likeness (QED) is 0.426. The molecule has 7 nitrogen and oxygen atoms in total. The summed E-state index contributed by atoms with van der Waals surface area (Å²) in [6.45, 7) is 5.02. The van der Waals surface area contributed by atoms with Gasteiger partial charge in [-0.15, -0.1) is 0 Å². The molecule has 0 fully saturated rings. The first kappa shape index (κ1) is 26.0. The van der Waals surface area contributed by atoms with Crippen molar-refractivity contribution < 1.29 is 23.7 Å². The van der Waals surface area contributed by atoms with Crippen molar-refractivity contribution >= 4 is 0 Å². The van der Waals surface area contributed by atoms with Gasteiger partial charge in [0.25, 0.3) is 6.29 Å². The Hall–Kier alpha value is -3.11. The summed E-state index contributed by atoms with van der Waals surface area (Å²) in [5, 5.41) is 10.4. The van der Waals surface area contributed by atoms with E-state index in [1.54, 1.807) is 21.3 Å². The Bertz CT molecular complexity index is 1090. The van der Waals surface area contributed by atoms with Gasteiger partial charge in [0.1, 0.15) is 5.41 Å². The molecule has 2 heterocycles. The molecule has 0 N–H and O–H groups in total. The number of ether oxygens (including phenoxy) is 5. The minimum atomic E-state index is -0.723. The zero-order valence-corrected chi connectivity index (χ0v) is 22.3. The highest BCUT2D eigenvalue weighted by Crippen LogP contribution is 2.48. The third-order valence-corrected chi connectivity index (χ3v) is 8.08. The standard InChI is InChI=1S/C29H38N2O5/c1-7-19(2)29(18-30,28-35-23-12-8-9-13-24(23)36-28)14-10-11-21-15-20-16-25(32-4)27(34-6)26(33-5)22(20)17-31(21)3/h8-9,12-13,16,19,21,28H,7,10-11,14-15,17H2,1-6H3. The topological polar surface area (TPSA) is 73.2 Å². The zero-order valence-electron chi connectivity index (χ0n) is 22.3. The molecule has 0 aliphatic carbocycles. The van der Waals surface area contributed by atoms with Crippen LogP contribution in [0.3, 0.4) is 0 Å². The number of likely N-dealkylation sites (N-methyl/N-ethyl adjacent to an activating group) is 1. The van der Waals surface area contributed by atoms with E-state index in [0.29, 0.717) is 35.5 Å². The van der Waals surface area contributed by atoms with Crippen molar-refractivity contribution in [3.63, 3.8) is 0 Å². The highest BCUT2D eigenvalue weighted by molar-refractivity contribution is 5.60. The van der Waals surface area contributed by atoms with E-state index in [1.807, 2.05) is 24.3 Å². The van der Waals surface area contributed by atoms with E-state index in [0.717, 1.165) is 43.5 Å². The molecule has 2 aromatic rings. The molecule has 0 saturated heterocycles. The summed E-state index contributed by atoms with van der Waals surface area (Å²) >= 11 is 0. The number of fused-ring (bicyclic) bond motifs is 2. The predicted molar refractivity (Wildman–Crippen MR) is 138 cm³/mol. The van der Waals surface area contributed by atoms with Crippen LogP contribution in [0.4, 0.5) is 0 Å². The fraction of sp³-hybridized carbons (Fsp3) is 0.552. The summed E-state index contributed by atoms with van der Waals surface area (Å²) in [4.78, 5) is 2.37. The molecule has 0 bridgehead atoms. The molecule has 194 valence electrons. The fourth-order valence-corrected chi connectivity index (χ4v) is 5.65. The number of benzene rings is 2. The monoisotopic (exact) mass is 494 g/mol. The highest BCUT2D eigenvalue weighted by atomic mass is 16.7. The van der Waals surface area contributed by atoms with Crippen LogP contribution in [0, 0.1) is 22.7 Å². The number of hydrogen-bond donors (Lipinski definition) is 0. The van der Waals surface area contributed by atoms with Crippen molar-refractivity contribution in [2.75, 3.05) is 28.4 Å². The summed E-state index contributed by atoms with van der Waals surface area (Å²) in [7, 11) is 7.11. The van der Waals surface area contributed by atoms with Crippen LogP contribution >= 0.6 is 0 Å². The number of nitriles is 1. The lowest BCUT2D eigenvalue weighted by atomic mass is 9.71. The molecule has 3 unspecified atom stereocenters. The molecular formula is C29H38N2O5. The Morgan fingerprint density at radius 3 is 2.33 bits per heavy atom. The van der Waals surface area contributed by atoms with E-state index in [1.165, 1.54) is 5.56 Å². The van der Waals surface area contributed by atoms with Crippen molar-refractivity contribution in [2.24, 2.45) is 11.3 Å². The summed E-state index contributed by atoms with van der Waals surface area (Å²) < 4.78 is 29.2. The van der Waals surface area contributed by atoms with Crippen molar-refractivity contribution in [3.8, 4) is 34.8 Å². The van der Waals surface area contributed by atoms with Crippen molar-refractivity contribution in [3.05, 3.63) is 41.5 Å². The molecule has 2 aromatic carbocycles. The van der Waals surface area contributed by atoms with Gasteiger partial charge in [0.05, 0.1) is 27.4 Å². The lowest BCUT2D eigenvalue weighted by molar-refractivity contribution is -0.0698. The number of hydrogen-bond acceptors (Lipinski definition) is 7. The Morgan fingerprint density at radius 1 is 1.11 bits per heavy atom. The second-order valence-corrected chi connectivity index (χ2v) is 9.92. The molecule has 7 heteroatoms. The molecule has 4 rings (SSSR count). The van der Waals surface area contributed by atoms with Crippen LogP contribution < -0.4 is 23.7 Å². The first-order valence-corrected chi connectivity index (χ1v) is 12.8. The summed E-state index contributed by atoms with van der Waals surface area (Å²) in [6, 6.07) is 12.7. The van der Waals surface area contributed by atoms with Gasteiger partial charge in [-0.25, -0.2) is 0 Å². The number of methoxy groups -OCH3 is 3. The molecule has 0 radical (unpaired) electrons. The van der Waals surface area contributed by atoms with Crippen LogP contribution in [0.15, 0.2) is 30.3 Å². The fourth-order valence-electron chi connectivity index (χ4n) is 5.65. The summed E-state index contributed by atoms with van der Waals surface area (Å²) in [5.74, 6) is 3.63. The van der Waals surface area contributed by atoms with Crippen molar-refractivity contribution in [1.29, 1.82) is 5.26 Å². The lowest BCUT2D eigenvalue weighted by Gasteiger charge is -2.38. The molecule has 0 amide bonds. The van der Waals surface area contributed by atoms with Crippen molar-refractivity contribution in [1.82, 2.24) is 4.90 Å². The third-order valence-electron chi connectivity index (χ3n) is 8.08. The van der Waals surface area contributed by atoms with Crippen LogP contribution in [0.1, 0.15) is 50.7 Å². The van der Waals surface area contributed by atoms with E-state index in [9.17, 15) is 5.26 Å². The van der Waals surface area contributed by atoms with Crippen LogP contribution in [-0.4, -0.2) is 45.6 Å². The molecular weight excluding hydrogens is 456 g/mol. The smallest absolute Gasteiger partial charge is 0.260 e.